The van der Waals surface area contributed by atoms with E-state index in [1.807, 2.05) is 0 Å². The van der Waals surface area contributed by atoms with Crippen molar-refractivity contribution in [1.29, 1.82) is 0 Å². The van der Waals surface area contributed by atoms with Crippen LogP contribution in [0.4, 0.5) is 0 Å². The molecule has 2 saturated carbocycles. The maximum Gasteiger partial charge on any atom is 0.0499 e. The standard InChI is InChI=1S/C12H23NO/c1-13(8-11-4-2-5-11)9-12(10-14)6-3-7-12/h11,14H,2-10H2,1H3. The first-order valence-electron chi connectivity index (χ1n) is 6.03. The second-order valence-corrected chi connectivity index (χ2v) is 5.51. The number of nitrogens with zero attached hydrogens (tertiary/aromatic N) is 1. The van der Waals surface area contributed by atoms with Gasteiger partial charge in [0, 0.05) is 25.1 Å². The van der Waals surface area contributed by atoms with Crippen molar-refractivity contribution in [3.8, 4) is 0 Å². The summed E-state index contributed by atoms with van der Waals surface area (Å²) in [6, 6.07) is 0. The van der Waals surface area contributed by atoms with Gasteiger partial charge in [0.2, 0.25) is 0 Å². The number of aliphatic hydroxyl groups is 1. The van der Waals surface area contributed by atoms with Crippen LogP contribution in [-0.4, -0.2) is 36.8 Å². The maximum atomic E-state index is 9.36. The fraction of sp³-hybridized carbons (Fsp3) is 1.00. The van der Waals surface area contributed by atoms with Gasteiger partial charge >= 0.3 is 0 Å². The molecule has 2 heteroatoms. The van der Waals surface area contributed by atoms with Gasteiger partial charge in [-0.3, -0.25) is 0 Å². The molecule has 2 fully saturated rings. The van der Waals surface area contributed by atoms with E-state index in [0.717, 1.165) is 12.5 Å². The summed E-state index contributed by atoms with van der Waals surface area (Å²) in [5, 5.41) is 9.36. The van der Waals surface area contributed by atoms with Crippen LogP contribution < -0.4 is 0 Å². The van der Waals surface area contributed by atoms with Crippen LogP contribution in [0.15, 0.2) is 0 Å². The second-order valence-electron chi connectivity index (χ2n) is 5.51. The van der Waals surface area contributed by atoms with Crippen molar-refractivity contribution in [2.24, 2.45) is 11.3 Å². The third-order valence-electron chi connectivity index (χ3n) is 4.15. The molecule has 0 aromatic heterocycles. The van der Waals surface area contributed by atoms with E-state index < -0.39 is 0 Å². The predicted octanol–water partition coefficient (Wildman–Crippen LogP) is 1.88. The topological polar surface area (TPSA) is 23.5 Å². The van der Waals surface area contributed by atoms with E-state index in [1.165, 1.54) is 45.1 Å². The highest BCUT2D eigenvalue weighted by Gasteiger charge is 2.37. The highest BCUT2D eigenvalue weighted by Crippen LogP contribution is 2.41. The molecule has 2 nitrogen and oxygen atoms in total. The highest BCUT2D eigenvalue weighted by atomic mass is 16.3. The Labute approximate surface area is 87.3 Å². The van der Waals surface area contributed by atoms with Gasteiger partial charge in [-0.15, -0.1) is 0 Å². The molecule has 0 atom stereocenters. The zero-order valence-corrected chi connectivity index (χ0v) is 9.34. The summed E-state index contributed by atoms with van der Waals surface area (Å²) < 4.78 is 0. The van der Waals surface area contributed by atoms with Crippen LogP contribution in [0.25, 0.3) is 0 Å². The number of aliphatic hydroxyl groups excluding tert-OH is 1. The molecule has 0 aromatic rings. The lowest BCUT2D eigenvalue weighted by Crippen LogP contribution is -2.45. The lowest BCUT2D eigenvalue weighted by atomic mass is 9.69. The number of rotatable bonds is 5. The third kappa shape index (κ3) is 2.12. The van der Waals surface area contributed by atoms with Crippen molar-refractivity contribution in [3.63, 3.8) is 0 Å². The van der Waals surface area contributed by atoms with Gasteiger partial charge in [-0.2, -0.15) is 0 Å². The molecule has 0 saturated heterocycles. The molecule has 2 aliphatic carbocycles. The van der Waals surface area contributed by atoms with Gasteiger partial charge in [-0.1, -0.05) is 12.8 Å². The first-order chi connectivity index (χ1) is 6.74. The van der Waals surface area contributed by atoms with Crippen molar-refractivity contribution in [2.75, 3.05) is 26.7 Å². The van der Waals surface area contributed by atoms with Gasteiger partial charge in [-0.25, -0.2) is 0 Å². The van der Waals surface area contributed by atoms with E-state index in [0.29, 0.717) is 6.61 Å². The first kappa shape index (κ1) is 10.4. The second kappa shape index (κ2) is 4.19. The largest absolute Gasteiger partial charge is 0.396 e. The van der Waals surface area contributed by atoms with E-state index in [4.69, 9.17) is 0 Å². The van der Waals surface area contributed by atoms with Gasteiger partial charge in [0.05, 0.1) is 0 Å². The zero-order chi connectivity index (χ0) is 10.0. The molecule has 0 radical (unpaired) electrons. The smallest absolute Gasteiger partial charge is 0.0499 e. The zero-order valence-electron chi connectivity index (χ0n) is 9.34. The van der Waals surface area contributed by atoms with Crippen molar-refractivity contribution in [1.82, 2.24) is 4.90 Å². The molecule has 0 aliphatic heterocycles. The Morgan fingerprint density at radius 1 is 1.29 bits per heavy atom. The third-order valence-corrected chi connectivity index (χ3v) is 4.15. The fourth-order valence-electron chi connectivity index (χ4n) is 2.80. The summed E-state index contributed by atoms with van der Waals surface area (Å²) >= 11 is 0. The van der Waals surface area contributed by atoms with Crippen LogP contribution in [0.3, 0.4) is 0 Å². The highest BCUT2D eigenvalue weighted by molar-refractivity contribution is 4.90. The minimum Gasteiger partial charge on any atom is -0.396 e. The molecular weight excluding hydrogens is 174 g/mol. The molecular formula is C12H23NO. The Bertz CT molecular complexity index is 179. The summed E-state index contributed by atoms with van der Waals surface area (Å²) in [5.74, 6) is 0.954. The van der Waals surface area contributed by atoms with E-state index in [9.17, 15) is 5.11 Å². The summed E-state index contributed by atoms with van der Waals surface area (Å²) in [6.07, 6.45) is 8.07. The summed E-state index contributed by atoms with van der Waals surface area (Å²) in [6.45, 7) is 2.75. The molecule has 0 spiro atoms. The predicted molar refractivity (Wildman–Crippen MR) is 58.2 cm³/mol. The summed E-state index contributed by atoms with van der Waals surface area (Å²) in [5.41, 5.74) is 0.276. The van der Waals surface area contributed by atoms with Gasteiger partial charge in [0.15, 0.2) is 0 Å². The molecule has 0 aromatic carbocycles. The number of hydrogen-bond acceptors (Lipinski definition) is 2. The van der Waals surface area contributed by atoms with Crippen LogP contribution in [0.1, 0.15) is 38.5 Å². The Balaban J connectivity index is 1.72. The summed E-state index contributed by atoms with van der Waals surface area (Å²) in [4.78, 5) is 2.44. The quantitative estimate of drug-likeness (QED) is 0.727. The fourth-order valence-corrected chi connectivity index (χ4v) is 2.80. The van der Waals surface area contributed by atoms with Gasteiger partial charge in [0.1, 0.15) is 0 Å². The van der Waals surface area contributed by atoms with Crippen molar-refractivity contribution >= 4 is 0 Å². The van der Waals surface area contributed by atoms with Crippen LogP contribution in [-0.2, 0) is 0 Å². The van der Waals surface area contributed by atoms with Crippen molar-refractivity contribution < 1.29 is 5.11 Å². The molecule has 0 unspecified atom stereocenters. The Morgan fingerprint density at radius 2 is 2.00 bits per heavy atom. The van der Waals surface area contributed by atoms with E-state index >= 15 is 0 Å². The van der Waals surface area contributed by atoms with Crippen LogP contribution in [0, 0.1) is 11.3 Å². The van der Waals surface area contributed by atoms with Gasteiger partial charge in [0.25, 0.3) is 0 Å². The first-order valence-corrected chi connectivity index (χ1v) is 6.03. The summed E-state index contributed by atoms with van der Waals surface area (Å²) in [7, 11) is 2.22. The Kier molecular flexibility index (Phi) is 3.13. The minimum atomic E-state index is 0.276. The van der Waals surface area contributed by atoms with Gasteiger partial charge in [-0.05, 0) is 38.6 Å². The molecule has 0 amide bonds. The molecule has 2 aliphatic rings. The normalized spacial score (nSPS) is 25.9. The SMILES string of the molecule is CN(CC1CCC1)CC1(CO)CCC1. The van der Waals surface area contributed by atoms with Crippen LogP contribution >= 0.6 is 0 Å². The molecule has 2 rings (SSSR count). The average molecular weight is 197 g/mol. The molecule has 0 heterocycles. The van der Waals surface area contributed by atoms with Gasteiger partial charge < -0.3 is 10.0 Å². The monoisotopic (exact) mass is 197 g/mol. The van der Waals surface area contributed by atoms with Crippen molar-refractivity contribution in [2.45, 2.75) is 38.5 Å². The van der Waals surface area contributed by atoms with E-state index in [2.05, 4.69) is 11.9 Å². The molecule has 14 heavy (non-hydrogen) atoms. The van der Waals surface area contributed by atoms with E-state index in [1.54, 1.807) is 0 Å². The van der Waals surface area contributed by atoms with Crippen molar-refractivity contribution in [3.05, 3.63) is 0 Å². The Hall–Kier alpha value is -0.0800. The molecule has 82 valence electrons. The molecule has 0 bridgehead atoms. The minimum absolute atomic E-state index is 0.276. The Morgan fingerprint density at radius 3 is 2.36 bits per heavy atom. The van der Waals surface area contributed by atoms with Crippen LogP contribution in [0.2, 0.25) is 0 Å². The van der Waals surface area contributed by atoms with Crippen LogP contribution in [0.5, 0.6) is 0 Å². The lowest BCUT2D eigenvalue weighted by Gasteiger charge is -2.44. The lowest BCUT2D eigenvalue weighted by molar-refractivity contribution is 0.00806. The average Bonchev–Trinajstić information content (AvgIpc) is 2.04. The molecule has 1 N–H and O–H groups in total. The number of hydrogen-bond donors (Lipinski definition) is 1. The maximum absolute atomic E-state index is 9.36. The van der Waals surface area contributed by atoms with E-state index in [-0.39, 0.29) is 5.41 Å².